The van der Waals surface area contributed by atoms with Gasteiger partial charge in [0.25, 0.3) is 0 Å². The molecule has 1 aliphatic heterocycles. The fourth-order valence-corrected chi connectivity index (χ4v) is 3.24. The normalized spacial score (nSPS) is 19.4. The van der Waals surface area contributed by atoms with Gasteiger partial charge >= 0.3 is 0 Å². The second-order valence-electron chi connectivity index (χ2n) is 6.04. The minimum Gasteiger partial charge on any atom is -0.457 e. The summed E-state index contributed by atoms with van der Waals surface area (Å²) in [5.74, 6) is 1.84. The molecule has 0 spiro atoms. The molecule has 23 heavy (non-hydrogen) atoms. The zero-order valence-electron chi connectivity index (χ0n) is 13.1. The number of hydrogen-bond donors (Lipinski definition) is 0. The summed E-state index contributed by atoms with van der Waals surface area (Å²) >= 11 is 0. The first-order chi connectivity index (χ1) is 11.3. The summed E-state index contributed by atoms with van der Waals surface area (Å²) in [7, 11) is 0. The molecule has 3 aromatic rings. The van der Waals surface area contributed by atoms with Gasteiger partial charge in [-0.25, -0.2) is 0 Å². The van der Waals surface area contributed by atoms with Crippen molar-refractivity contribution in [1.29, 1.82) is 0 Å². The van der Waals surface area contributed by atoms with Gasteiger partial charge in [0.15, 0.2) is 0 Å². The molecular formula is C22H18O. The lowest BCUT2D eigenvalue weighted by molar-refractivity contribution is 0.470. The molecule has 1 heterocycles. The highest BCUT2D eigenvalue weighted by Crippen LogP contribution is 2.45. The van der Waals surface area contributed by atoms with Crippen molar-refractivity contribution >= 4 is 5.76 Å². The van der Waals surface area contributed by atoms with E-state index in [1.54, 1.807) is 0 Å². The summed E-state index contributed by atoms with van der Waals surface area (Å²) in [6.07, 6.45) is 2.24. The standard InChI is InChI=1S/C22H18O/c1-22(18-12-6-3-7-13-18)16-21(17-10-4-2-5-11-17)23-20-15-9-8-14-19(20)22/h2-16H,1H3. The van der Waals surface area contributed by atoms with Gasteiger partial charge in [-0.2, -0.15) is 0 Å². The van der Waals surface area contributed by atoms with Crippen molar-refractivity contribution < 1.29 is 4.74 Å². The van der Waals surface area contributed by atoms with E-state index in [2.05, 4.69) is 67.6 Å². The molecule has 0 N–H and O–H groups in total. The number of benzene rings is 3. The Hall–Kier alpha value is -2.80. The minimum absolute atomic E-state index is 0.207. The molecule has 4 rings (SSSR count). The van der Waals surface area contributed by atoms with E-state index in [0.717, 1.165) is 17.1 Å². The van der Waals surface area contributed by atoms with Crippen LogP contribution in [0.15, 0.2) is 91.0 Å². The van der Waals surface area contributed by atoms with Crippen LogP contribution in [0.25, 0.3) is 5.76 Å². The van der Waals surface area contributed by atoms with Crippen molar-refractivity contribution in [3.05, 3.63) is 108 Å². The summed E-state index contributed by atoms with van der Waals surface area (Å²) in [6, 6.07) is 29.2. The summed E-state index contributed by atoms with van der Waals surface area (Å²) in [6.45, 7) is 2.26. The average molecular weight is 298 g/mol. The summed E-state index contributed by atoms with van der Waals surface area (Å²) in [5, 5.41) is 0. The van der Waals surface area contributed by atoms with E-state index in [1.165, 1.54) is 11.1 Å². The molecule has 0 amide bonds. The van der Waals surface area contributed by atoms with Crippen molar-refractivity contribution in [3.63, 3.8) is 0 Å². The molecule has 0 bridgehead atoms. The van der Waals surface area contributed by atoms with E-state index in [-0.39, 0.29) is 5.41 Å². The van der Waals surface area contributed by atoms with Gasteiger partial charge in [-0.3, -0.25) is 0 Å². The minimum atomic E-state index is -0.207. The lowest BCUT2D eigenvalue weighted by atomic mass is 9.74. The zero-order chi connectivity index (χ0) is 15.7. The molecule has 1 heteroatoms. The van der Waals surface area contributed by atoms with Crippen LogP contribution in [0.5, 0.6) is 5.75 Å². The number of allylic oxidation sites excluding steroid dienone is 1. The Labute approximate surface area is 136 Å². The maximum atomic E-state index is 6.20. The summed E-state index contributed by atoms with van der Waals surface area (Å²) in [4.78, 5) is 0. The Kier molecular flexibility index (Phi) is 3.27. The highest BCUT2D eigenvalue weighted by molar-refractivity contribution is 5.70. The van der Waals surface area contributed by atoms with E-state index in [0.29, 0.717) is 0 Å². The lowest BCUT2D eigenvalue weighted by Crippen LogP contribution is -2.26. The van der Waals surface area contributed by atoms with Crippen LogP contribution in [0, 0.1) is 0 Å². The van der Waals surface area contributed by atoms with Gasteiger partial charge in [0, 0.05) is 16.5 Å². The Bertz CT molecular complexity index is 849. The predicted molar refractivity (Wildman–Crippen MR) is 94.4 cm³/mol. The number of fused-ring (bicyclic) bond motifs is 1. The first kappa shape index (κ1) is 13.8. The van der Waals surface area contributed by atoms with Crippen molar-refractivity contribution in [2.24, 2.45) is 0 Å². The largest absolute Gasteiger partial charge is 0.457 e. The molecule has 1 unspecified atom stereocenters. The van der Waals surface area contributed by atoms with Gasteiger partial charge in [0.1, 0.15) is 11.5 Å². The summed E-state index contributed by atoms with van der Waals surface area (Å²) in [5.41, 5.74) is 3.36. The number of ether oxygens (including phenoxy) is 1. The molecule has 3 aromatic carbocycles. The molecule has 0 radical (unpaired) electrons. The van der Waals surface area contributed by atoms with E-state index >= 15 is 0 Å². The topological polar surface area (TPSA) is 9.23 Å². The first-order valence-corrected chi connectivity index (χ1v) is 7.88. The van der Waals surface area contributed by atoms with Crippen LogP contribution in [-0.4, -0.2) is 0 Å². The highest BCUT2D eigenvalue weighted by atomic mass is 16.5. The zero-order valence-corrected chi connectivity index (χ0v) is 13.1. The van der Waals surface area contributed by atoms with Gasteiger partial charge in [0.2, 0.25) is 0 Å². The molecule has 0 saturated heterocycles. The lowest BCUT2D eigenvalue weighted by Gasteiger charge is -2.34. The number of rotatable bonds is 2. The SMILES string of the molecule is CC1(c2ccccc2)C=C(c2ccccc2)Oc2ccccc21. The van der Waals surface area contributed by atoms with Crippen LogP contribution >= 0.6 is 0 Å². The van der Waals surface area contributed by atoms with Gasteiger partial charge < -0.3 is 4.74 Å². The highest BCUT2D eigenvalue weighted by Gasteiger charge is 2.34. The molecule has 1 aliphatic rings. The van der Waals surface area contributed by atoms with Crippen LogP contribution in [0.2, 0.25) is 0 Å². The molecule has 0 fully saturated rings. The Morgan fingerprint density at radius 3 is 2.04 bits per heavy atom. The molecule has 0 aromatic heterocycles. The van der Waals surface area contributed by atoms with Crippen LogP contribution in [0.3, 0.4) is 0 Å². The van der Waals surface area contributed by atoms with Crippen LogP contribution in [0.4, 0.5) is 0 Å². The van der Waals surface area contributed by atoms with E-state index in [4.69, 9.17) is 4.74 Å². The molecule has 1 nitrogen and oxygen atoms in total. The third kappa shape index (κ3) is 2.35. The maximum Gasteiger partial charge on any atom is 0.131 e. The van der Waals surface area contributed by atoms with Crippen molar-refractivity contribution in [2.75, 3.05) is 0 Å². The second-order valence-corrected chi connectivity index (χ2v) is 6.04. The quantitative estimate of drug-likeness (QED) is 0.613. The predicted octanol–water partition coefficient (Wildman–Crippen LogP) is 5.43. The van der Waals surface area contributed by atoms with Crippen LogP contribution in [-0.2, 0) is 5.41 Å². The fraction of sp³-hybridized carbons (Fsp3) is 0.0909. The smallest absolute Gasteiger partial charge is 0.131 e. The monoisotopic (exact) mass is 298 g/mol. The van der Waals surface area contributed by atoms with Crippen LogP contribution < -0.4 is 4.74 Å². The molecule has 0 aliphatic carbocycles. The second kappa shape index (κ2) is 5.44. The Morgan fingerprint density at radius 2 is 1.30 bits per heavy atom. The molecule has 112 valence electrons. The average Bonchev–Trinajstić information content (AvgIpc) is 2.63. The van der Waals surface area contributed by atoms with E-state index < -0.39 is 0 Å². The van der Waals surface area contributed by atoms with E-state index in [9.17, 15) is 0 Å². The third-order valence-electron chi connectivity index (χ3n) is 4.52. The molecule has 1 atom stereocenters. The third-order valence-corrected chi connectivity index (χ3v) is 4.52. The van der Waals surface area contributed by atoms with Crippen molar-refractivity contribution in [3.8, 4) is 5.75 Å². The van der Waals surface area contributed by atoms with Gasteiger partial charge in [-0.1, -0.05) is 78.9 Å². The molecule has 0 saturated carbocycles. The number of para-hydroxylation sites is 1. The Balaban J connectivity index is 1.93. The van der Waals surface area contributed by atoms with Crippen molar-refractivity contribution in [2.45, 2.75) is 12.3 Å². The van der Waals surface area contributed by atoms with Gasteiger partial charge in [-0.15, -0.1) is 0 Å². The number of hydrogen-bond acceptors (Lipinski definition) is 1. The summed E-state index contributed by atoms with van der Waals surface area (Å²) < 4.78 is 6.20. The van der Waals surface area contributed by atoms with Crippen LogP contribution in [0.1, 0.15) is 23.6 Å². The van der Waals surface area contributed by atoms with Crippen molar-refractivity contribution in [1.82, 2.24) is 0 Å². The molecular weight excluding hydrogens is 280 g/mol. The van der Waals surface area contributed by atoms with Gasteiger partial charge in [-0.05, 0) is 24.6 Å². The Morgan fingerprint density at radius 1 is 0.696 bits per heavy atom. The first-order valence-electron chi connectivity index (χ1n) is 7.88. The maximum absolute atomic E-state index is 6.20. The van der Waals surface area contributed by atoms with Gasteiger partial charge in [0.05, 0.1) is 0 Å². The fourth-order valence-electron chi connectivity index (χ4n) is 3.24. The van der Waals surface area contributed by atoms with E-state index in [1.807, 2.05) is 30.3 Å².